The van der Waals surface area contributed by atoms with Crippen molar-refractivity contribution >= 4 is 23.2 Å². The van der Waals surface area contributed by atoms with Crippen molar-refractivity contribution in [3.63, 3.8) is 0 Å². The second kappa shape index (κ2) is 5.27. The van der Waals surface area contributed by atoms with Crippen molar-refractivity contribution in [3.05, 3.63) is 52.2 Å². The van der Waals surface area contributed by atoms with Gasteiger partial charge >= 0.3 is 5.69 Å². The lowest BCUT2D eigenvalue weighted by atomic mass is 10.3. The molecule has 2 aromatic rings. The van der Waals surface area contributed by atoms with E-state index in [4.69, 9.17) is 0 Å². The highest BCUT2D eigenvalue weighted by Crippen LogP contribution is 2.36. The summed E-state index contributed by atoms with van der Waals surface area (Å²) in [5.41, 5.74) is 0.298. The normalized spacial score (nSPS) is 10.4. The fraction of sp³-hybridized carbons (Fsp3) is 0.154. The van der Waals surface area contributed by atoms with Crippen molar-refractivity contribution in [1.29, 1.82) is 0 Å². The summed E-state index contributed by atoms with van der Waals surface area (Å²) in [5, 5.41) is 11.5. The van der Waals surface area contributed by atoms with E-state index < -0.39 is 4.92 Å². The second-order valence-electron chi connectivity index (χ2n) is 4.01. The number of aromatic nitrogens is 1. The Hall–Kier alpha value is -2.08. The molecular weight excluding hydrogens is 264 g/mol. The first kappa shape index (κ1) is 13.4. The predicted octanol–water partition coefficient (Wildman–Crippen LogP) is 3.29. The van der Waals surface area contributed by atoms with Crippen molar-refractivity contribution in [2.75, 3.05) is 0 Å². The molecule has 2 rings (SSSR count). The van der Waals surface area contributed by atoms with Crippen LogP contribution in [0.1, 0.15) is 17.4 Å². The lowest BCUT2D eigenvalue weighted by molar-refractivity contribution is -0.387. The lowest BCUT2D eigenvalue weighted by Crippen LogP contribution is -2.02. The molecule has 0 saturated carbocycles. The fourth-order valence-electron chi connectivity index (χ4n) is 1.76. The third-order valence-electron chi connectivity index (χ3n) is 2.67. The zero-order chi connectivity index (χ0) is 14.0. The summed E-state index contributed by atoms with van der Waals surface area (Å²) in [6.45, 7) is 1.40. The number of nitro groups is 1. The summed E-state index contributed by atoms with van der Waals surface area (Å²) < 4.78 is 1.57. The molecule has 0 aliphatic carbocycles. The maximum Gasteiger partial charge on any atom is 0.302 e. The van der Waals surface area contributed by atoms with Crippen molar-refractivity contribution in [2.45, 2.75) is 16.8 Å². The molecule has 0 aliphatic heterocycles. The Morgan fingerprint density at radius 2 is 1.95 bits per heavy atom. The Bertz CT molecular complexity index is 635. The highest BCUT2D eigenvalue weighted by atomic mass is 32.2. The van der Waals surface area contributed by atoms with E-state index in [9.17, 15) is 14.9 Å². The second-order valence-corrected chi connectivity index (χ2v) is 5.07. The van der Waals surface area contributed by atoms with Gasteiger partial charge in [-0.05, 0) is 12.1 Å². The number of nitrogens with zero attached hydrogens (tertiary/aromatic N) is 2. The minimum Gasteiger partial charge on any atom is -0.330 e. The van der Waals surface area contributed by atoms with Crippen LogP contribution in [0.3, 0.4) is 0 Å². The van der Waals surface area contributed by atoms with E-state index in [-0.39, 0.29) is 11.5 Å². The molecule has 1 heterocycles. The Labute approximate surface area is 114 Å². The molecule has 0 N–H and O–H groups in total. The van der Waals surface area contributed by atoms with Crippen LogP contribution in [0.4, 0.5) is 5.69 Å². The summed E-state index contributed by atoms with van der Waals surface area (Å²) in [4.78, 5) is 23.0. The highest BCUT2D eigenvalue weighted by Gasteiger charge is 2.24. The first-order valence-corrected chi connectivity index (χ1v) is 6.40. The van der Waals surface area contributed by atoms with Crippen molar-refractivity contribution in [1.82, 2.24) is 4.57 Å². The standard InChI is InChI=1S/C13H12N2O3S/c1-9(16)11-8-12(15(17)18)13(14(11)2)19-10-6-4-3-5-7-10/h3-8H,1-2H3. The lowest BCUT2D eigenvalue weighted by Gasteiger charge is -2.04. The minimum absolute atomic E-state index is 0.0402. The van der Waals surface area contributed by atoms with Crippen LogP contribution in [0.25, 0.3) is 0 Å². The fourth-order valence-corrected chi connectivity index (χ4v) is 2.75. The molecule has 19 heavy (non-hydrogen) atoms. The summed E-state index contributed by atoms with van der Waals surface area (Å²) in [5.74, 6) is -0.189. The minimum atomic E-state index is -0.461. The maximum absolute atomic E-state index is 11.5. The highest BCUT2D eigenvalue weighted by molar-refractivity contribution is 7.99. The number of carbonyl (C=O) groups is 1. The summed E-state index contributed by atoms with van der Waals surface area (Å²) >= 11 is 1.28. The number of carbonyl (C=O) groups excluding carboxylic acids is 1. The van der Waals surface area contributed by atoms with E-state index in [1.54, 1.807) is 11.6 Å². The van der Waals surface area contributed by atoms with Gasteiger partial charge in [0.05, 0.1) is 10.6 Å². The van der Waals surface area contributed by atoms with Crippen molar-refractivity contribution < 1.29 is 9.72 Å². The van der Waals surface area contributed by atoms with Gasteiger partial charge in [-0.25, -0.2) is 0 Å². The van der Waals surface area contributed by atoms with Gasteiger partial charge in [-0.3, -0.25) is 14.9 Å². The Balaban J connectivity index is 2.49. The zero-order valence-corrected chi connectivity index (χ0v) is 11.3. The van der Waals surface area contributed by atoms with Gasteiger partial charge in [0.1, 0.15) is 0 Å². The molecule has 0 atom stereocenters. The van der Waals surface area contributed by atoms with Crippen LogP contribution in [-0.2, 0) is 7.05 Å². The number of benzene rings is 1. The van der Waals surface area contributed by atoms with Crippen LogP contribution >= 0.6 is 11.8 Å². The van der Waals surface area contributed by atoms with Gasteiger partial charge in [-0.2, -0.15) is 0 Å². The Morgan fingerprint density at radius 1 is 1.32 bits per heavy atom. The number of ketones is 1. The van der Waals surface area contributed by atoms with Gasteiger partial charge in [0.25, 0.3) is 0 Å². The average Bonchev–Trinajstić information content (AvgIpc) is 2.69. The van der Waals surface area contributed by atoms with Crippen LogP contribution in [0.15, 0.2) is 46.3 Å². The van der Waals surface area contributed by atoms with Gasteiger partial charge in [-0.1, -0.05) is 30.0 Å². The van der Waals surface area contributed by atoms with E-state index >= 15 is 0 Å². The molecule has 98 valence electrons. The first-order chi connectivity index (χ1) is 9.00. The Kier molecular flexibility index (Phi) is 3.71. The number of hydrogen-bond donors (Lipinski definition) is 0. The molecule has 0 fully saturated rings. The molecule has 1 aromatic carbocycles. The molecular formula is C13H12N2O3S. The van der Waals surface area contributed by atoms with Crippen LogP contribution in [-0.4, -0.2) is 15.3 Å². The van der Waals surface area contributed by atoms with Crippen LogP contribution in [0.5, 0.6) is 0 Å². The monoisotopic (exact) mass is 276 g/mol. The zero-order valence-electron chi connectivity index (χ0n) is 10.5. The van der Waals surface area contributed by atoms with Crippen molar-refractivity contribution in [2.24, 2.45) is 7.05 Å². The molecule has 0 saturated heterocycles. The number of rotatable bonds is 4. The molecule has 5 nitrogen and oxygen atoms in total. The van der Waals surface area contributed by atoms with E-state index in [0.29, 0.717) is 10.7 Å². The smallest absolute Gasteiger partial charge is 0.302 e. The predicted molar refractivity (Wildman–Crippen MR) is 72.6 cm³/mol. The molecule has 0 aliphatic rings. The van der Waals surface area contributed by atoms with Crippen LogP contribution in [0.2, 0.25) is 0 Å². The van der Waals surface area contributed by atoms with Gasteiger partial charge in [-0.15, -0.1) is 0 Å². The third kappa shape index (κ3) is 2.68. The van der Waals surface area contributed by atoms with Gasteiger partial charge in [0, 0.05) is 24.9 Å². The number of Topliss-reactive ketones (excluding diaryl/α,β-unsaturated/α-hetero) is 1. The average molecular weight is 276 g/mol. The van der Waals surface area contributed by atoms with E-state index in [0.717, 1.165) is 4.90 Å². The topological polar surface area (TPSA) is 65.1 Å². The molecule has 0 unspecified atom stereocenters. The SMILES string of the molecule is CC(=O)c1cc([N+](=O)[O-])c(Sc2ccccc2)n1C. The van der Waals surface area contributed by atoms with Gasteiger partial charge < -0.3 is 4.57 Å². The van der Waals surface area contributed by atoms with E-state index in [1.807, 2.05) is 30.3 Å². The van der Waals surface area contributed by atoms with Crippen molar-refractivity contribution in [3.8, 4) is 0 Å². The molecule has 0 spiro atoms. The van der Waals surface area contributed by atoms with Gasteiger partial charge in [0.2, 0.25) is 0 Å². The Morgan fingerprint density at radius 3 is 2.47 bits per heavy atom. The summed E-state index contributed by atoms with van der Waals surface area (Å²) in [7, 11) is 1.66. The molecule has 0 bridgehead atoms. The van der Waals surface area contributed by atoms with E-state index in [2.05, 4.69) is 0 Å². The van der Waals surface area contributed by atoms with E-state index in [1.165, 1.54) is 24.8 Å². The van der Waals surface area contributed by atoms with Crippen LogP contribution in [0, 0.1) is 10.1 Å². The first-order valence-electron chi connectivity index (χ1n) is 5.58. The summed E-state index contributed by atoms with van der Waals surface area (Å²) in [6, 6.07) is 10.7. The maximum atomic E-state index is 11.5. The van der Waals surface area contributed by atoms with Gasteiger partial charge in [0.15, 0.2) is 10.8 Å². The molecule has 1 aromatic heterocycles. The molecule has 6 heteroatoms. The van der Waals surface area contributed by atoms with Crippen LogP contribution < -0.4 is 0 Å². The number of hydrogen-bond acceptors (Lipinski definition) is 4. The quantitative estimate of drug-likeness (QED) is 0.488. The third-order valence-corrected chi connectivity index (χ3v) is 3.86. The summed E-state index contributed by atoms with van der Waals surface area (Å²) in [6.07, 6.45) is 0. The molecule has 0 amide bonds. The molecule has 0 radical (unpaired) electrons. The largest absolute Gasteiger partial charge is 0.330 e.